The minimum Gasteiger partial charge on any atom is -0.497 e. The summed E-state index contributed by atoms with van der Waals surface area (Å²) in [6.07, 6.45) is 3.34. The lowest BCUT2D eigenvalue weighted by Crippen LogP contribution is -2.03. The van der Waals surface area contributed by atoms with Crippen molar-refractivity contribution in [1.29, 1.82) is 0 Å². The van der Waals surface area contributed by atoms with Crippen LogP contribution >= 0.6 is 12.6 Å². The van der Waals surface area contributed by atoms with Crippen LogP contribution in [-0.4, -0.2) is 17.1 Å². The quantitative estimate of drug-likeness (QED) is 0.660. The van der Waals surface area contributed by atoms with Crippen LogP contribution in [0.1, 0.15) is 5.56 Å². The fraction of sp³-hybridized carbons (Fsp3) is 0.111. The molecule has 0 unspecified atom stereocenters. The van der Waals surface area contributed by atoms with Gasteiger partial charge in [0.1, 0.15) is 17.3 Å². The topological polar surface area (TPSA) is 56.3 Å². The second-order valence-corrected chi connectivity index (χ2v) is 5.48. The van der Waals surface area contributed by atoms with Gasteiger partial charge in [0.2, 0.25) is 5.88 Å². The average molecular weight is 339 g/mol. The number of thiol groups is 1. The molecule has 5 nitrogen and oxygen atoms in total. The summed E-state index contributed by atoms with van der Waals surface area (Å²) in [5.74, 6) is 2.66. The van der Waals surface area contributed by atoms with Crippen molar-refractivity contribution in [2.75, 3.05) is 12.4 Å². The number of benzene rings is 1. The van der Waals surface area contributed by atoms with E-state index in [0.717, 1.165) is 16.2 Å². The van der Waals surface area contributed by atoms with E-state index >= 15 is 0 Å². The number of methoxy groups -OCH3 is 1. The zero-order chi connectivity index (χ0) is 16.8. The van der Waals surface area contributed by atoms with Gasteiger partial charge in [-0.3, -0.25) is 4.98 Å². The number of rotatable bonds is 6. The molecule has 1 aromatic carbocycles. The molecule has 6 heteroatoms. The number of pyridine rings is 2. The summed E-state index contributed by atoms with van der Waals surface area (Å²) in [6.45, 7) is 0.583. The number of hydrogen-bond acceptors (Lipinski definition) is 6. The lowest BCUT2D eigenvalue weighted by Gasteiger charge is -2.11. The van der Waals surface area contributed by atoms with Crippen LogP contribution in [0.5, 0.6) is 17.4 Å². The van der Waals surface area contributed by atoms with Gasteiger partial charge >= 0.3 is 0 Å². The highest BCUT2D eigenvalue weighted by Gasteiger charge is 2.04. The molecular weight excluding hydrogens is 322 g/mol. The third-order valence-electron chi connectivity index (χ3n) is 3.33. The molecule has 1 N–H and O–H groups in total. The predicted molar refractivity (Wildman–Crippen MR) is 96.1 cm³/mol. The van der Waals surface area contributed by atoms with Crippen LogP contribution in [0.3, 0.4) is 0 Å². The Hall–Kier alpha value is -2.73. The molecule has 2 heterocycles. The number of anilines is 1. The number of nitrogens with one attached hydrogen (secondary N) is 1. The number of hydrogen-bond donors (Lipinski definition) is 2. The fourth-order valence-electron chi connectivity index (χ4n) is 2.11. The normalized spacial score (nSPS) is 10.2. The van der Waals surface area contributed by atoms with Gasteiger partial charge in [-0.2, -0.15) is 4.98 Å². The van der Waals surface area contributed by atoms with Crippen LogP contribution in [-0.2, 0) is 6.54 Å². The first-order valence-electron chi connectivity index (χ1n) is 7.39. The van der Waals surface area contributed by atoms with E-state index in [1.165, 1.54) is 0 Å². The number of ether oxygens (including phenoxy) is 2. The number of aromatic nitrogens is 2. The zero-order valence-electron chi connectivity index (χ0n) is 13.1. The maximum absolute atomic E-state index is 5.68. The van der Waals surface area contributed by atoms with E-state index in [9.17, 15) is 0 Å². The highest BCUT2D eigenvalue weighted by molar-refractivity contribution is 7.80. The Morgan fingerprint density at radius 3 is 2.79 bits per heavy atom. The standard InChI is InChI=1S/C18H17N3O2S/c1-22-14-7-8-16(24)13(10-14)11-20-17-5-2-6-18(21-17)23-15-4-3-9-19-12-15/h2-10,12,24H,11H2,1H3,(H,20,21). The first kappa shape index (κ1) is 16.1. The van der Waals surface area contributed by atoms with E-state index in [0.29, 0.717) is 24.0 Å². The Morgan fingerprint density at radius 1 is 1.08 bits per heavy atom. The molecule has 0 radical (unpaired) electrons. The van der Waals surface area contributed by atoms with E-state index in [1.54, 1.807) is 25.6 Å². The maximum Gasteiger partial charge on any atom is 0.221 e. The van der Waals surface area contributed by atoms with Gasteiger partial charge in [0.15, 0.2) is 0 Å². The van der Waals surface area contributed by atoms with Crippen molar-refractivity contribution in [3.05, 3.63) is 66.5 Å². The zero-order valence-corrected chi connectivity index (χ0v) is 14.0. The van der Waals surface area contributed by atoms with Crippen molar-refractivity contribution < 1.29 is 9.47 Å². The molecule has 0 saturated carbocycles. The molecule has 0 aliphatic heterocycles. The second-order valence-electron chi connectivity index (χ2n) is 5.00. The summed E-state index contributed by atoms with van der Waals surface area (Å²) in [6, 6.07) is 15.0. The van der Waals surface area contributed by atoms with Crippen LogP contribution in [0.2, 0.25) is 0 Å². The molecule has 0 atom stereocenters. The van der Waals surface area contributed by atoms with Crippen molar-refractivity contribution in [2.24, 2.45) is 0 Å². The van der Waals surface area contributed by atoms with Crippen LogP contribution < -0.4 is 14.8 Å². The van der Waals surface area contributed by atoms with Gasteiger partial charge < -0.3 is 14.8 Å². The van der Waals surface area contributed by atoms with E-state index in [2.05, 4.69) is 27.9 Å². The first-order chi connectivity index (χ1) is 11.7. The Kier molecular flexibility index (Phi) is 5.18. The smallest absolute Gasteiger partial charge is 0.221 e. The molecule has 24 heavy (non-hydrogen) atoms. The fourth-order valence-corrected chi connectivity index (χ4v) is 2.33. The maximum atomic E-state index is 5.68. The van der Waals surface area contributed by atoms with Crippen LogP contribution in [0, 0.1) is 0 Å². The molecule has 0 amide bonds. The number of nitrogens with zero attached hydrogens (tertiary/aromatic N) is 2. The van der Waals surface area contributed by atoms with Crippen LogP contribution in [0.4, 0.5) is 5.82 Å². The Bertz CT molecular complexity index is 812. The molecule has 0 fully saturated rings. The minimum absolute atomic E-state index is 0.504. The molecule has 0 saturated heterocycles. The van der Waals surface area contributed by atoms with Gasteiger partial charge in [0, 0.05) is 23.7 Å². The summed E-state index contributed by atoms with van der Waals surface area (Å²) in [4.78, 5) is 9.35. The van der Waals surface area contributed by atoms with Gasteiger partial charge in [0.05, 0.1) is 13.3 Å². The van der Waals surface area contributed by atoms with Gasteiger partial charge in [-0.1, -0.05) is 6.07 Å². The molecule has 0 spiro atoms. The van der Waals surface area contributed by atoms with Crippen LogP contribution in [0.25, 0.3) is 0 Å². The SMILES string of the molecule is COc1ccc(S)c(CNc2cccc(Oc3cccnc3)n2)c1. The molecule has 2 aromatic heterocycles. The summed E-state index contributed by atoms with van der Waals surface area (Å²) in [5, 5.41) is 3.27. The third kappa shape index (κ3) is 4.17. The lowest BCUT2D eigenvalue weighted by molar-refractivity contribution is 0.414. The van der Waals surface area contributed by atoms with Crippen molar-refractivity contribution >= 4 is 18.4 Å². The molecule has 0 aliphatic carbocycles. The molecule has 3 aromatic rings. The first-order valence-corrected chi connectivity index (χ1v) is 7.84. The Balaban J connectivity index is 1.69. The molecular formula is C18H17N3O2S. The van der Waals surface area contributed by atoms with Crippen molar-refractivity contribution in [2.45, 2.75) is 11.4 Å². The monoisotopic (exact) mass is 339 g/mol. The van der Waals surface area contributed by atoms with Crippen molar-refractivity contribution in [3.63, 3.8) is 0 Å². The van der Waals surface area contributed by atoms with Crippen molar-refractivity contribution in [1.82, 2.24) is 9.97 Å². The summed E-state index contributed by atoms with van der Waals surface area (Å²) >= 11 is 4.47. The van der Waals surface area contributed by atoms with Crippen LogP contribution in [0.15, 0.2) is 65.8 Å². The lowest BCUT2D eigenvalue weighted by atomic mass is 10.2. The van der Waals surface area contributed by atoms with Crippen molar-refractivity contribution in [3.8, 4) is 17.4 Å². The molecule has 0 aliphatic rings. The summed E-state index contributed by atoms with van der Waals surface area (Å²) in [7, 11) is 1.64. The van der Waals surface area contributed by atoms with Gasteiger partial charge in [0.25, 0.3) is 0 Å². The van der Waals surface area contributed by atoms with E-state index in [1.807, 2.05) is 42.5 Å². The second kappa shape index (κ2) is 7.70. The molecule has 122 valence electrons. The predicted octanol–water partition coefficient (Wildman–Crippen LogP) is 4.18. The molecule has 0 bridgehead atoms. The summed E-state index contributed by atoms with van der Waals surface area (Å²) in [5.41, 5.74) is 1.03. The third-order valence-corrected chi connectivity index (χ3v) is 3.76. The summed E-state index contributed by atoms with van der Waals surface area (Å²) < 4.78 is 10.9. The largest absolute Gasteiger partial charge is 0.497 e. The van der Waals surface area contributed by atoms with E-state index < -0.39 is 0 Å². The minimum atomic E-state index is 0.504. The van der Waals surface area contributed by atoms with Gasteiger partial charge in [-0.15, -0.1) is 12.6 Å². The van der Waals surface area contributed by atoms with Gasteiger partial charge in [-0.25, -0.2) is 0 Å². The highest BCUT2D eigenvalue weighted by atomic mass is 32.1. The van der Waals surface area contributed by atoms with E-state index in [4.69, 9.17) is 9.47 Å². The van der Waals surface area contributed by atoms with E-state index in [-0.39, 0.29) is 0 Å². The Morgan fingerprint density at radius 2 is 2.00 bits per heavy atom. The highest BCUT2D eigenvalue weighted by Crippen LogP contribution is 2.23. The Labute approximate surface area is 146 Å². The van der Waals surface area contributed by atoms with Gasteiger partial charge in [-0.05, 0) is 42.0 Å². The average Bonchev–Trinajstić information content (AvgIpc) is 2.62. The molecule has 3 rings (SSSR count).